The van der Waals surface area contributed by atoms with Gasteiger partial charge in [-0.2, -0.15) is 0 Å². The van der Waals surface area contributed by atoms with E-state index in [1.54, 1.807) is 12.1 Å². The minimum Gasteiger partial charge on any atom is -0.481 e. The first-order valence-electron chi connectivity index (χ1n) is 8.38. The van der Waals surface area contributed by atoms with Gasteiger partial charge in [0, 0.05) is 25.2 Å². The van der Waals surface area contributed by atoms with E-state index in [0.717, 1.165) is 10.8 Å². The Morgan fingerprint density at radius 2 is 1.85 bits per heavy atom. The van der Waals surface area contributed by atoms with Gasteiger partial charge in [0.2, 0.25) is 5.91 Å². The summed E-state index contributed by atoms with van der Waals surface area (Å²) in [5.74, 6) is -2.09. The zero-order chi connectivity index (χ0) is 18.7. The van der Waals surface area contributed by atoms with Crippen LogP contribution in [0.4, 0.5) is 4.39 Å². The van der Waals surface area contributed by atoms with Crippen molar-refractivity contribution in [2.75, 3.05) is 26.3 Å². The molecule has 1 fully saturated rings. The predicted octanol–water partition coefficient (Wildman–Crippen LogP) is 1.94. The van der Waals surface area contributed by atoms with Gasteiger partial charge < -0.3 is 14.9 Å². The fourth-order valence-corrected chi connectivity index (χ4v) is 3.34. The van der Waals surface area contributed by atoms with Crippen LogP contribution in [0.5, 0.6) is 0 Å². The zero-order valence-electron chi connectivity index (χ0n) is 14.1. The van der Waals surface area contributed by atoms with Crippen LogP contribution in [0, 0.1) is 0 Å². The van der Waals surface area contributed by atoms with Crippen LogP contribution >= 0.6 is 0 Å². The van der Waals surface area contributed by atoms with Crippen molar-refractivity contribution in [2.24, 2.45) is 0 Å². The summed E-state index contributed by atoms with van der Waals surface area (Å²) >= 11 is 0. The summed E-state index contributed by atoms with van der Waals surface area (Å²) in [6.45, 7) is -0.435. The highest BCUT2D eigenvalue weighted by molar-refractivity contribution is 6.08. The van der Waals surface area contributed by atoms with E-state index in [2.05, 4.69) is 0 Å². The zero-order valence-corrected chi connectivity index (χ0v) is 14.1. The molecule has 2 aromatic rings. The molecule has 1 heterocycles. The number of benzene rings is 2. The Bertz CT molecular complexity index is 849. The quantitative estimate of drug-likeness (QED) is 0.886. The maximum absolute atomic E-state index is 13.1. The molecule has 1 atom stereocenters. The van der Waals surface area contributed by atoms with Crippen LogP contribution in [0.1, 0.15) is 16.8 Å². The molecule has 0 saturated carbocycles. The first-order valence-corrected chi connectivity index (χ1v) is 8.38. The van der Waals surface area contributed by atoms with Crippen LogP contribution in [0.2, 0.25) is 0 Å². The lowest BCUT2D eigenvalue weighted by Gasteiger charge is -2.40. The Kier molecular flexibility index (Phi) is 5.16. The van der Waals surface area contributed by atoms with Gasteiger partial charge in [-0.3, -0.25) is 14.4 Å². The monoisotopic (exact) mass is 358 g/mol. The number of hydrogen-bond donors (Lipinski definition) is 1. The predicted molar refractivity (Wildman–Crippen MR) is 93.6 cm³/mol. The Labute approximate surface area is 149 Å². The van der Waals surface area contributed by atoms with Crippen LogP contribution < -0.4 is 0 Å². The average molecular weight is 358 g/mol. The molecule has 0 spiro atoms. The number of halogens is 1. The van der Waals surface area contributed by atoms with Gasteiger partial charge in [-0.25, -0.2) is 4.39 Å². The van der Waals surface area contributed by atoms with Gasteiger partial charge in [0.05, 0.1) is 6.42 Å². The number of rotatable bonds is 5. The maximum atomic E-state index is 13.1. The molecule has 1 unspecified atom stereocenters. The summed E-state index contributed by atoms with van der Waals surface area (Å²) in [5, 5.41) is 10.8. The number of alkyl halides is 1. The number of aliphatic carboxylic acids is 1. The molecule has 1 aliphatic heterocycles. The highest BCUT2D eigenvalue weighted by Crippen LogP contribution is 2.23. The van der Waals surface area contributed by atoms with Gasteiger partial charge in [-0.1, -0.05) is 36.4 Å². The number of carboxylic acid groups (broad SMARTS) is 1. The van der Waals surface area contributed by atoms with Crippen molar-refractivity contribution >= 4 is 28.6 Å². The molecule has 1 aliphatic rings. The van der Waals surface area contributed by atoms with Gasteiger partial charge in [0.15, 0.2) is 0 Å². The van der Waals surface area contributed by atoms with Crippen molar-refractivity contribution in [1.29, 1.82) is 0 Å². The topological polar surface area (TPSA) is 77.9 Å². The first kappa shape index (κ1) is 17.8. The second-order valence-corrected chi connectivity index (χ2v) is 6.15. The Balaban J connectivity index is 1.96. The van der Waals surface area contributed by atoms with Crippen LogP contribution in [0.15, 0.2) is 42.5 Å². The van der Waals surface area contributed by atoms with E-state index in [9.17, 15) is 18.8 Å². The number of piperazine rings is 1. The lowest BCUT2D eigenvalue weighted by molar-refractivity contribution is -0.147. The average Bonchev–Trinajstić information content (AvgIpc) is 2.64. The standard InChI is InChI=1S/C19H19FN2O4/c20-8-9-21-10-11-22(16(19(21)26)12-17(23)24)18(25)15-7-3-5-13-4-1-2-6-14(13)15/h1-7,16H,8-12H2,(H,23,24). The van der Waals surface area contributed by atoms with Gasteiger partial charge in [0.25, 0.3) is 5.91 Å². The van der Waals surface area contributed by atoms with E-state index in [1.165, 1.54) is 9.80 Å². The normalized spacial score (nSPS) is 17.6. The first-order chi connectivity index (χ1) is 12.5. The number of nitrogens with zero attached hydrogens (tertiary/aromatic N) is 2. The van der Waals surface area contributed by atoms with Crippen LogP contribution in [-0.2, 0) is 9.59 Å². The number of amides is 2. The minimum absolute atomic E-state index is 0.0920. The van der Waals surface area contributed by atoms with Crippen molar-refractivity contribution < 1.29 is 23.9 Å². The number of carbonyl (C=O) groups is 3. The highest BCUT2D eigenvalue weighted by atomic mass is 19.1. The number of carboxylic acids is 1. The molecule has 136 valence electrons. The molecule has 7 heteroatoms. The Morgan fingerprint density at radius 1 is 1.12 bits per heavy atom. The second-order valence-electron chi connectivity index (χ2n) is 6.15. The van der Waals surface area contributed by atoms with E-state index in [-0.39, 0.29) is 25.5 Å². The molecule has 3 rings (SSSR count). The minimum atomic E-state index is -1.18. The third-order valence-corrected chi connectivity index (χ3v) is 4.59. The molecule has 2 amide bonds. The van der Waals surface area contributed by atoms with Gasteiger partial charge in [-0.15, -0.1) is 0 Å². The Morgan fingerprint density at radius 3 is 2.58 bits per heavy atom. The van der Waals surface area contributed by atoms with E-state index in [0.29, 0.717) is 5.56 Å². The third kappa shape index (κ3) is 3.37. The van der Waals surface area contributed by atoms with Crippen molar-refractivity contribution in [1.82, 2.24) is 9.80 Å². The largest absolute Gasteiger partial charge is 0.481 e. The summed E-state index contributed by atoms with van der Waals surface area (Å²) in [4.78, 5) is 39.5. The van der Waals surface area contributed by atoms with E-state index in [4.69, 9.17) is 5.11 Å². The fraction of sp³-hybridized carbons (Fsp3) is 0.316. The fourth-order valence-electron chi connectivity index (χ4n) is 3.34. The SMILES string of the molecule is O=C(O)CC1C(=O)N(CCF)CCN1C(=O)c1cccc2ccccc12. The van der Waals surface area contributed by atoms with Gasteiger partial charge in [-0.05, 0) is 16.8 Å². The molecule has 2 aromatic carbocycles. The smallest absolute Gasteiger partial charge is 0.305 e. The molecule has 1 N–H and O–H groups in total. The van der Waals surface area contributed by atoms with Crippen molar-refractivity contribution in [2.45, 2.75) is 12.5 Å². The molecule has 1 saturated heterocycles. The van der Waals surface area contributed by atoms with Crippen molar-refractivity contribution in [3.8, 4) is 0 Å². The van der Waals surface area contributed by atoms with Crippen molar-refractivity contribution in [3.63, 3.8) is 0 Å². The molecular formula is C19H19FN2O4. The molecule has 26 heavy (non-hydrogen) atoms. The highest BCUT2D eigenvalue weighted by Gasteiger charge is 2.39. The third-order valence-electron chi connectivity index (χ3n) is 4.59. The number of carbonyl (C=O) groups excluding carboxylic acids is 2. The molecule has 0 aromatic heterocycles. The lowest BCUT2D eigenvalue weighted by Crippen LogP contribution is -2.59. The van der Waals surface area contributed by atoms with E-state index >= 15 is 0 Å². The molecule has 0 bridgehead atoms. The summed E-state index contributed by atoms with van der Waals surface area (Å²) in [5.41, 5.74) is 0.422. The van der Waals surface area contributed by atoms with E-state index in [1.807, 2.05) is 30.3 Å². The van der Waals surface area contributed by atoms with Crippen molar-refractivity contribution in [3.05, 3.63) is 48.0 Å². The second kappa shape index (κ2) is 7.51. The summed E-state index contributed by atoms with van der Waals surface area (Å²) < 4.78 is 12.6. The van der Waals surface area contributed by atoms with Gasteiger partial charge in [0.1, 0.15) is 12.7 Å². The lowest BCUT2D eigenvalue weighted by atomic mass is 10.0. The molecule has 0 aliphatic carbocycles. The van der Waals surface area contributed by atoms with Crippen LogP contribution in [0.25, 0.3) is 10.8 Å². The molecular weight excluding hydrogens is 339 g/mol. The Hall–Kier alpha value is -2.96. The molecule has 0 radical (unpaired) electrons. The van der Waals surface area contributed by atoms with Crippen LogP contribution in [0.3, 0.4) is 0 Å². The molecule has 6 nitrogen and oxygen atoms in total. The summed E-state index contributed by atoms with van der Waals surface area (Å²) in [6, 6.07) is 11.6. The summed E-state index contributed by atoms with van der Waals surface area (Å²) in [7, 11) is 0. The van der Waals surface area contributed by atoms with Gasteiger partial charge >= 0.3 is 5.97 Å². The van der Waals surface area contributed by atoms with E-state index < -0.39 is 31.0 Å². The summed E-state index contributed by atoms with van der Waals surface area (Å²) in [6.07, 6.45) is -0.502. The number of fused-ring (bicyclic) bond motifs is 1. The maximum Gasteiger partial charge on any atom is 0.305 e. The number of hydrogen-bond acceptors (Lipinski definition) is 3. The van der Waals surface area contributed by atoms with Crippen LogP contribution in [-0.4, -0.2) is 65.0 Å².